The molecule has 2 aromatic rings. The Morgan fingerprint density at radius 3 is 2.79 bits per heavy atom. The van der Waals surface area contributed by atoms with E-state index in [2.05, 4.69) is 4.98 Å². The lowest BCUT2D eigenvalue weighted by Gasteiger charge is -2.21. The maximum atomic E-state index is 12.7. The van der Waals surface area contributed by atoms with Crippen LogP contribution in [0.5, 0.6) is 0 Å². The number of imidazole rings is 1. The first-order valence-electron chi connectivity index (χ1n) is 7.89. The van der Waals surface area contributed by atoms with E-state index >= 15 is 0 Å². The smallest absolute Gasteiger partial charge is 0.311 e. The Bertz CT molecular complexity index is 788. The van der Waals surface area contributed by atoms with E-state index in [1.165, 1.54) is 0 Å². The van der Waals surface area contributed by atoms with Crippen molar-refractivity contribution < 1.29 is 14.7 Å². The summed E-state index contributed by atoms with van der Waals surface area (Å²) < 4.78 is 1.95. The van der Waals surface area contributed by atoms with Crippen LogP contribution < -0.4 is 0 Å². The molecule has 0 aliphatic carbocycles. The number of amides is 1. The number of aromatic nitrogens is 2. The number of carbonyl (C=O) groups excluding carboxylic acids is 1. The van der Waals surface area contributed by atoms with Gasteiger partial charge in [0.25, 0.3) is 0 Å². The van der Waals surface area contributed by atoms with Crippen molar-refractivity contribution in [2.45, 2.75) is 25.6 Å². The van der Waals surface area contributed by atoms with Crippen molar-refractivity contribution in [1.82, 2.24) is 14.5 Å². The average Bonchev–Trinajstić information content (AvgIpc) is 3.11. The van der Waals surface area contributed by atoms with Crippen LogP contribution in [0.1, 0.15) is 19.2 Å². The van der Waals surface area contributed by atoms with Gasteiger partial charge in [-0.2, -0.15) is 11.8 Å². The maximum Gasteiger partial charge on any atom is 0.311 e. The second-order valence-electron chi connectivity index (χ2n) is 6.47. The highest BCUT2D eigenvalue weighted by atomic mass is 32.2. The van der Waals surface area contributed by atoms with Gasteiger partial charge >= 0.3 is 5.97 Å². The van der Waals surface area contributed by atoms with E-state index in [1.54, 1.807) is 23.6 Å². The molecule has 7 heteroatoms. The summed E-state index contributed by atoms with van der Waals surface area (Å²) >= 11 is 1.66. The molecule has 0 unspecified atom stereocenters. The molecule has 128 valence electrons. The molecule has 0 saturated carbocycles. The van der Waals surface area contributed by atoms with Crippen molar-refractivity contribution in [3.8, 4) is 0 Å². The van der Waals surface area contributed by atoms with Gasteiger partial charge in [-0.3, -0.25) is 9.59 Å². The number of likely N-dealkylation sites (tertiary alicyclic amines) is 1. The molecule has 3 rings (SSSR count). The van der Waals surface area contributed by atoms with E-state index in [9.17, 15) is 14.7 Å². The molecule has 1 fully saturated rings. The van der Waals surface area contributed by atoms with Gasteiger partial charge in [-0.15, -0.1) is 0 Å². The predicted molar refractivity (Wildman–Crippen MR) is 93.9 cm³/mol. The van der Waals surface area contributed by atoms with Crippen LogP contribution in [0, 0.1) is 5.41 Å². The van der Waals surface area contributed by atoms with E-state index in [-0.39, 0.29) is 19.0 Å². The van der Waals surface area contributed by atoms with Crippen LogP contribution in [0.2, 0.25) is 0 Å². The molecule has 1 N–H and O–H groups in total. The van der Waals surface area contributed by atoms with Gasteiger partial charge in [-0.1, -0.05) is 12.1 Å². The average molecular weight is 347 g/mol. The number of para-hydroxylation sites is 2. The van der Waals surface area contributed by atoms with Crippen molar-refractivity contribution in [3.63, 3.8) is 0 Å². The van der Waals surface area contributed by atoms with E-state index in [0.717, 1.165) is 22.6 Å². The second kappa shape index (κ2) is 6.47. The number of thioether (sulfide) groups is 1. The van der Waals surface area contributed by atoms with Gasteiger partial charge in [0.05, 0.1) is 22.2 Å². The molecule has 1 atom stereocenters. The summed E-state index contributed by atoms with van der Waals surface area (Å²) in [5.41, 5.74) is 0.982. The Balaban J connectivity index is 1.83. The fraction of sp³-hybridized carbons (Fsp3) is 0.471. The number of carboxylic acids is 1. The predicted octanol–water partition coefficient (Wildman–Crippen LogP) is 2.22. The van der Waals surface area contributed by atoms with E-state index in [0.29, 0.717) is 13.0 Å². The lowest BCUT2D eigenvalue weighted by molar-refractivity contribution is -0.147. The summed E-state index contributed by atoms with van der Waals surface area (Å²) in [6, 6.07) is 7.77. The van der Waals surface area contributed by atoms with Crippen molar-refractivity contribution >= 4 is 34.7 Å². The number of fused-ring (bicyclic) bond motifs is 1. The zero-order valence-corrected chi connectivity index (χ0v) is 14.7. The minimum absolute atomic E-state index is 0.0505. The molecule has 1 saturated heterocycles. The van der Waals surface area contributed by atoms with Crippen LogP contribution in [0.15, 0.2) is 24.3 Å². The number of carbonyl (C=O) groups is 2. The van der Waals surface area contributed by atoms with Crippen LogP contribution in [-0.4, -0.2) is 50.8 Å². The lowest BCUT2D eigenvalue weighted by atomic mass is 9.90. The Hall–Kier alpha value is -2.02. The Kier molecular flexibility index (Phi) is 4.54. The Morgan fingerprint density at radius 1 is 1.38 bits per heavy atom. The maximum absolute atomic E-state index is 12.7. The van der Waals surface area contributed by atoms with Gasteiger partial charge in [0, 0.05) is 13.1 Å². The van der Waals surface area contributed by atoms with Crippen LogP contribution in [-0.2, 0) is 21.9 Å². The van der Waals surface area contributed by atoms with Crippen molar-refractivity contribution in [2.75, 3.05) is 19.3 Å². The summed E-state index contributed by atoms with van der Waals surface area (Å²) in [7, 11) is 0. The third-order valence-corrected chi connectivity index (χ3v) is 5.19. The first-order valence-corrected chi connectivity index (χ1v) is 9.28. The molecule has 1 aromatic carbocycles. The highest BCUT2D eigenvalue weighted by Crippen LogP contribution is 2.30. The molecule has 1 aliphatic rings. The summed E-state index contributed by atoms with van der Waals surface area (Å²) in [6.07, 6.45) is 2.50. The number of nitrogens with zero attached hydrogens (tertiary/aromatic N) is 3. The topological polar surface area (TPSA) is 75.4 Å². The molecule has 0 spiro atoms. The van der Waals surface area contributed by atoms with Gasteiger partial charge in [0.1, 0.15) is 12.4 Å². The monoisotopic (exact) mass is 347 g/mol. The zero-order chi connectivity index (χ0) is 17.3. The first kappa shape index (κ1) is 16.8. The molecule has 1 amide bonds. The molecule has 1 aliphatic heterocycles. The zero-order valence-electron chi connectivity index (χ0n) is 13.9. The molecule has 24 heavy (non-hydrogen) atoms. The van der Waals surface area contributed by atoms with Crippen molar-refractivity contribution in [1.29, 1.82) is 0 Å². The second-order valence-corrected chi connectivity index (χ2v) is 7.33. The third-order valence-electron chi connectivity index (χ3n) is 4.64. The van der Waals surface area contributed by atoms with Gasteiger partial charge in [0.15, 0.2) is 0 Å². The normalized spacial score (nSPS) is 20.7. The number of carboxylic acid groups (broad SMARTS) is 1. The summed E-state index contributed by atoms with van der Waals surface area (Å²) in [6.45, 7) is 2.66. The fourth-order valence-corrected chi connectivity index (χ4v) is 3.60. The molecule has 2 heterocycles. The Morgan fingerprint density at radius 2 is 2.12 bits per heavy atom. The summed E-state index contributed by atoms with van der Waals surface area (Å²) in [4.78, 5) is 30.3. The van der Waals surface area contributed by atoms with Gasteiger partial charge in [-0.05, 0) is 31.7 Å². The Labute approximate surface area is 144 Å². The number of benzene rings is 1. The number of aliphatic carboxylic acids is 1. The molecule has 1 aromatic heterocycles. The largest absolute Gasteiger partial charge is 0.481 e. The number of hydrogen-bond acceptors (Lipinski definition) is 4. The first-order chi connectivity index (χ1) is 11.4. The van der Waals surface area contributed by atoms with Crippen molar-refractivity contribution in [3.05, 3.63) is 30.1 Å². The van der Waals surface area contributed by atoms with E-state index < -0.39 is 11.4 Å². The van der Waals surface area contributed by atoms with E-state index in [4.69, 9.17) is 0 Å². The fourth-order valence-electron chi connectivity index (χ4n) is 3.12. The quantitative estimate of drug-likeness (QED) is 0.898. The highest BCUT2D eigenvalue weighted by Gasteiger charge is 2.42. The molecule has 0 radical (unpaired) electrons. The van der Waals surface area contributed by atoms with Crippen LogP contribution in [0.3, 0.4) is 0 Å². The summed E-state index contributed by atoms with van der Waals surface area (Å²) in [5, 5.41) is 9.33. The molecular formula is C17H21N3O3S. The van der Waals surface area contributed by atoms with Gasteiger partial charge in [0.2, 0.25) is 5.91 Å². The minimum Gasteiger partial charge on any atom is -0.481 e. The third kappa shape index (κ3) is 3.00. The van der Waals surface area contributed by atoms with E-state index in [1.807, 2.05) is 35.1 Å². The molecular weight excluding hydrogens is 326 g/mol. The highest BCUT2D eigenvalue weighted by molar-refractivity contribution is 7.97. The minimum atomic E-state index is -0.839. The van der Waals surface area contributed by atoms with Crippen molar-refractivity contribution in [2.24, 2.45) is 5.41 Å². The van der Waals surface area contributed by atoms with Gasteiger partial charge in [-0.25, -0.2) is 4.98 Å². The number of hydrogen-bond donors (Lipinski definition) is 1. The van der Waals surface area contributed by atoms with Crippen LogP contribution in [0.25, 0.3) is 11.0 Å². The SMILES string of the molecule is CSCc1nc2ccccc2n1CC(=O)N1CC[C@](C)(C(=O)O)C1. The molecule has 6 nitrogen and oxygen atoms in total. The standard InChI is InChI=1S/C17H21N3O3S/c1-17(16(22)23)7-8-19(11-17)15(21)9-20-13-6-4-3-5-12(13)18-14(20)10-24-2/h3-6H,7-11H2,1-2H3,(H,22,23)/t17-/m0/s1. The number of rotatable bonds is 5. The van der Waals surface area contributed by atoms with Gasteiger partial charge < -0.3 is 14.6 Å². The molecule has 0 bridgehead atoms. The lowest BCUT2D eigenvalue weighted by Crippen LogP contribution is -2.36. The summed E-state index contributed by atoms with van der Waals surface area (Å²) in [5.74, 6) is 0.714. The van der Waals surface area contributed by atoms with Crippen LogP contribution in [0.4, 0.5) is 0 Å². The van der Waals surface area contributed by atoms with Crippen LogP contribution >= 0.6 is 11.8 Å².